The van der Waals surface area contributed by atoms with Crippen LogP contribution in [-0.2, 0) is 9.47 Å². The van der Waals surface area contributed by atoms with Gasteiger partial charge in [0.05, 0.1) is 38.6 Å². The van der Waals surface area contributed by atoms with E-state index in [4.69, 9.17) is 14.5 Å². The van der Waals surface area contributed by atoms with Crippen molar-refractivity contribution >= 4 is 17.7 Å². The molecule has 3 N–H and O–H groups in total. The first-order chi connectivity index (χ1) is 14.0. The number of rotatable bonds is 8. The standard InChI is InChI=1S/C20H39N5O3S/c1-3-21-18(22-14-19(2,26)16-24-5-9-27-10-6-24)23-15-20(4-13-29-17-20)25-7-11-28-12-8-25/h26H,3-17H2,1-2H3,(H2,21,22,23). The van der Waals surface area contributed by atoms with Gasteiger partial charge in [-0.05, 0) is 26.0 Å². The third kappa shape index (κ3) is 6.97. The first kappa shape index (κ1) is 23.1. The molecule has 9 heteroatoms. The molecule has 2 unspecified atom stereocenters. The Morgan fingerprint density at radius 1 is 1.14 bits per heavy atom. The summed E-state index contributed by atoms with van der Waals surface area (Å²) in [4.78, 5) is 9.58. The summed E-state index contributed by atoms with van der Waals surface area (Å²) in [6.07, 6.45) is 1.19. The summed E-state index contributed by atoms with van der Waals surface area (Å²) in [6.45, 7) is 13.5. The maximum Gasteiger partial charge on any atom is 0.191 e. The lowest BCUT2D eigenvalue weighted by Gasteiger charge is -2.43. The number of hydrogen-bond acceptors (Lipinski definition) is 7. The highest BCUT2D eigenvalue weighted by Crippen LogP contribution is 2.33. The number of aliphatic hydroxyl groups is 1. The summed E-state index contributed by atoms with van der Waals surface area (Å²) >= 11 is 2.04. The van der Waals surface area contributed by atoms with Crippen LogP contribution in [0, 0.1) is 0 Å². The van der Waals surface area contributed by atoms with Crippen molar-refractivity contribution in [1.82, 2.24) is 20.4 Å². The molecule has 168 valence electrons. The fourth-order valence-electron chi connectivity index (χ4n) is 4.27. The van der Waals surface area contributed by atoms with Gasteiger partial charge in [-0.3, -0.25) is 14.8 Å². The van der Waals surface area contributed by atoms with E-state index < -0.39 is 5.60 Å². The molecule has 0 aromatic rings. The summed E-state index contributed by atoms with van der Waals surface area (Å²) in [5.41, 5.74) is -0.689. The van der Waals surface area contributed by atoms with Crippen LogP contribution >= 0.6 is 11.8 Å². The van der Waals surface area contributed by atoms with Gasteiger partial charge in [-0.2, -0.15) is 11.8 Å². The summed E-state index contributed by atoms with van der Waals surface area (Å²) < 4.78 is 11.0. The molecule has 3 heterocycles. The first-order valence-corrected chi connectivity index (χ1v) is 12.1. The van der Waals surface area contributed by atoms with Gasteiger partial charge in [-0.1, -0.05) is 0 Å². The molecule has 0 spiro atoms. The van der Waals surface area contributed by atoms with E-state index in [1.807, 2.05) is 18.7 Å². The van der Waals surface area contributed by atoms with Crippen LogP contribution in [0.25, 0.3) is 0 Å². The molecule has 0 bridgehead atoms. The lowest BCUT2D eigenvalue weighted by atomic mass is 9.95. The van der Waals surface area contributed by atoms with E-state index in [1.165, 1.54) is 12.2 Å². The summed E-state index contributed by atoms with van der Waals surface area (Å²) in [5.74, 6) is 3.15. The zero-order chi connectivity index (χ0) is 20.6. The minimum absolute atomic E-state index is 0.168. The van der Waals surface area contributed by atoms with Crippen LogP contribution in [0.1, 0.15) is 20.3 Å². The van der Waals surface area contributed by atoms with Crippen molar-refractivity contribution in [3.05, 3.63) is 0 Å². The Labute approximate surface area is 179 Å². The first-order valence-electron chi connectivity index (χ1n) is 11.0. The number of aliphatic imine (C=N–C) groups is 1. The third-order valence-corrected chi connectivity index (χ3v) is 7.17. The monoisotopic (exact) mass is 429 g/mol. The van der Waals surface area contributed by atoms with Gasteiger partial charge in [0, 0.05) is 57.1 Å². The topological polar surface area (TPSA) is 81.6 Å². The van der Waals surface area contributed by atoms with Gasteiger partial charge in [0.15, 0.2) is 5.96 Å². The van der Waals surface area contributed by atoms with Crippen LogP contribution in [0.3, 0.4) is 0 Å². The highest BCUT2D eigenvalue weighted by atomic mass is 32.2. The predicted molar refractivity (Wildman–Crippen MR) is 119 cm³/mol. The summed E-state index contributed by atoms with van der Waals surface area (Å²) in [5, 5.41) is 17.8. The Morgan fingerprint density at radius 2 is 1.83 bits per heavy atom. The summed E-state index contributed by atoms with van der Waals surface area (Å²) in [6, 6.07) is 0. The highest BCUT2D eigenvalue weighted by Gasteiger charge is 2.40. The van der Waals surface area contributed by atoms with E-state index in [0.717, 1.165) is 77.4 Å². The quantitative estimate of drug-likeness (QED) is 0.363. The Kier molecular flexibility index (Phi) is 8.88. The second-order valence-electron chi connectivity index (χ2n) is 8.56. The van der Waals surface area contributed by atoms with Crippen molar-refractivity contribution < 1.29 is 14.6 Å². The summed E-state index contributed by atoms with van der Waals surface area (Å²) in [7, 11) is 0. The lowest BCUT2D eigenvalue weighted by molar-refractivity contribution is -0.0181. The maximum absolute atomic E-state index is 10.8. The van der Waals surface area contributed by atoms with Crippen molar-refractivity contribution in [3.63, 3.8) is 0 Å². The molecule has 0 radical (unpaired) electrons. The number of guanidine groups is 1. The predicted octanol–water partition coefficient (Wildman–Crippen LogP) is -0.167. The van der Waals surface area contributed by atoms with Crippen LogP contribution in [0.15, 0.2) is 4.99 Å². The molecule has 3 saturated heterocycles. The molecule has 0 amide bonds. The molecule has 29 heavy (non-hydrogen) atoms. The van der Waals surface area contributed by atoms with Crippen LogP contribution < -0.4 is 10.6 Å². The van der Waals surface area contributed by atoms with Gasteiger partial charge in [0.1, 0.15) is 0 Å². The molecule has 8 nitrogen and oxygen atoms in total. The van der Waals surface area contributed by atoms with Gasteiger partial charge >= 0.3 is 0 Å². The number of ether oxygens (including phenoxy) is 2. The second-order valence-corrected chi connectivity index (χ2v) is 9.67. The van der Waals surface area contributed by atoms with Crippen LogP contribution in [0.2, 0.25) is 0 Å². The largest absolute Gasteiger partial charge is 0.387 e. The van der Waals surface area contributed by atoms with Gasteiger partial charge < -0.3 is 25.2 Å². The zero-order valence-corrected chi connectivity index (χ0v) is 18.9. The Balaban J connectivity index is 1.56. The number of nitrogens with zero attached hydrogens (tertiary/aromatic N) is 3. The van der Waals surface area contributed by atoms with E-state index in [0.29, 0.717) is 13.1 Å². The van der Waals surface area contributed by atoms with Crippen molar-refractivity contribution in [2.24, 2.45) is 4.99 Å². The number of morpholine rings is 2. The molecule has 3 fully saturated rings. The number of thioether (sulfide) groups is 1. The van der Waals surface area contributed by atoms with E-state index in [2.05, 4.69) is 27.4 Å². The van der Waals surface area contributed by atoms with Gasteiger partial charge in [-0.25, -0.2) is 0 Å². The minimum atomic E-state index is -0.856. The number of nitrogens with one attached hydrogen (secondary N) is 2. The van der Waals surface area contributed by atoms with Crippen molar-refractivity contribution in [3.8, 4) is 0 Å². The SMILES string of the molecule is CCNC(=NCC(C)(O)CN1CCOCC1)NCC1(N2CCOCC2)CCSC1. The fraction of sp³-hybridized carbons (Fsp3) is 0.950. The Hall–Kier alpha value is -0.580. The Bertz CT molecular complexity index is 516. The van der Waals surface area contributed by atoms with Gasteiger partial charge in [0.2, 0.25) is 0 Å². The van der Waals surface area contributed by atoms with Crippen LogP contribution in [0.4, 0.5) is 0 Å². The smallest absolute Gasteiger partial charge is 0.191 e. The molecule has 3 aliphatic heterocycles. The fourth-order valence-corrected chi connectivity index (χ4v) is 5.74. The maximum atomic E-state index is 10.8. The molecule has 0 saturated carbocycles. The third-order valence-electron chi connectivity index (χ3n) is 5.94. The van der Waals surface area contributed by atoms with E-state index in [9.17, 15) is 5.11 Å². The van der Waals surface area contributed by atoms with Gasteiger partial charge in [0.25, 0.3) is 0 Å². The van der Waals surface area contributed by atoms with E-state index >= 15 is 0 Å². The molecule has 3 rings (SSSR count). The van der Waals surface area contributed by atoms with Crippen LogP contribution in [0.5, 0.6) is 0 Å². The van der Waals surface area contributed by atoms with E-state index in [1.54, 1.807) is 0 Å². The molecular formula is C20H39N5O3S. The molecule has 0 aromatic heterocycles. The molecule has 3 aliphatic rings. The Morgan fingerprint density at radius 3 is 2.45 bits per heavy atom. The minimum Gasteiger partial charge on any atom is -0.387 e. The molecule has 0 aromatic carbocycles. The lowest BCUT2D eigenvalue weighted by Crippen LogP contribution is -2.60. The second kappa shape index (κ2) is 11.2. The van der Waals surface area contributed by atoms with Crippen molar-refractivity contribution in [1.29, 1.82) is 0 Å². The van der Waals surface area contributed by atoms with Crippen LogP contribution in [-0.4, -0.2) is 122 Å². The van der Waals surface area contributed by atoms with E-state index in [-0.39, 0.29) is 5.54 Å². The average molecular weight is 430 g/mol. The van der Waals surface area contributed by atoms with Crippen molar-refractivity contribution in [2.75, 3.05) is 90.3 Å². The zero-order valence-electron chi connectivity index (χ0n) is 18.1. The number of β-amino-alcohol motifs (C(OH)–C–C–N with tert-alkyl or cyclic N) is 1. The number of hydrogen-bond donors (Lipinski definition) is 3. The highest BCUT2D eigenvalue weighted by molar-refractivity contribution is 7.99. The molecule has 2 atom stereocenters. The normalized spacial score (nSPS) is 29.6. The molecule has 0 aliphatic carbocycles. The van der Waals surface area contributed by atoms with Gasteiger partial charge in [-0.15, -0.1) is 0 Å². The molecular weight excluding hydrogens is 390 g/mol. The van der Waals surface area contributed by atoms with Crippen molar-refractivity contribution in [2.45, 2.75) is 31.4 Å². The average Bonchev–Trinajstić information content (AvgIpc) is 3.21.